The fraction of sp³-hybridized carbons (Fsp3) is 0.462. The van der Waals surface area contributed by atoms with Crippen molar-refractivity contribution in [3.63, 3.8) is 0 Å². The quantitative estimate of drug-likeness (QED) is 0.392. The van der Waals surface area contributed by atoms with E-state index in [0.29, 0.717) is 37.6 Å². The summed E-state index contributed by atoms with van der Waals surface area (Å²) in [6.07, 6.45) is 10.3. The maximum absolute atomic E-state index is 12.1. The molecular formula is C26H31BrN6O2. The van der Waals surface area contributed by atoms with Crippen molar-refractivity contribution in [3.8, 4) is 0 Å². The number of fused-ring (bicyclic) bond motifs is 1. The number of carbonyl (C=O) groups excluding carboxylic acids is 1. The van der Waals surface area contributed by atoms with Crippen LogP contribution in [0.1, 0.15) is 38.2 Å². The lowest BCUT2D eigenvalue weighted by Crippen LogP contribution is -2.49. The molecule has 0 bridgehead atoms. The van der Waals surface area contributed by atoms with Gasteiger partial charge in [0.05, 0.1) is 35.7 Å². The van der Waals surface area contributed by atoms with Crippen LogP contribution in [0, 0.1) is 5.92 Å². The molecule has 0 unspecified atom stereocenters. The molecule has 1 saturated carbocycles. The first-order chi connectivity index (χ1) is 17.0. The third-order valence-electron chi connectivity index (χ3n) is 6.95. The molecule has 9 heteroatoms. The van der Waals surface area contributed by atoms with Crippen LogP contribution >= 0.6 is 15.9 Å². The Morgan fingerprint density at radius 2 is 1.86 bits per heavy atom. The number of amides is 1. The van der Waals surface area contributed by atoms with E-state index in [4.69, 9.17) is 9.72 Å². The van der Waals surface area contributed by atoms with E-state index in [1.165, 1.54) is 0 Å². The topological polar surface area (TPSA) is 101 Å². The van der Waals surface area contributed by atoms with Crippen LogP contribution in [0.15, 0.2) is 47.3 Å². The maximum Gasteiger partial charge on any atom is 0.224 e. The molecule has 3 aromatic heterocycles. The van der Waals surface area contributed by atoms with Gasteiger partial charge in [-0.1, -0.05) is 6.07 Å². The van der Waals surface area contributed by atoms with E-state index in [-0.39, 0.29) is 11.9 Å². The van der Waals surface area contributed by atoms with Gasteiger partial charge in [-0.05, 0) is 78.2 Å². The highest BCUT2D eigenvalue weighted by molar-refractivity contribution is 9.10. The zero-order chi connectivity index (χ0) is 24.2. The Bertz CT molecular complexity index is 1160. The standard InChI is InChI=1S/C26H31BrN6O2/c1-16(30-23-8-2-17(11-29-23)10-25(34)32-21-14-35-15-21)18-3-6-20(7-4-18)31-24-9-5-19-12-28-13-22(27)26(19)33-24/h2,5,8-9,11-13,16,18,20-21H,3-4,6-7,10,14-15H2,1H3,(H,29,30)(H,31,33)(H,32,34)/t16-,18?,20?/m0/s1. The number of nitrogens with one attached hydrogen (secondary N) is 3. The monoisotopic (exact) mass is 538 g/mol. The van der Waals surface area contributed by atoms with E-state index >= 15 is 0 Å². The van der Waals surface area contributed by atoms with Gasteiger partial charge in [0, 0.05) is 36.1 Å². The Morgan fingerprint density at radius 3 is 2.57 bits per heavy atom. The second-order valence-electron chi connectivity index (χ2n) is 9.61. The van der Waals surface area contributed by atoms with Crippen molar-refractivity contribution in [1.82, 2.24) is 20.3 Å². The van der Waals surface area contributed by atoms with Crippen LogP contribution in [0.2, 0.25) is 0 Å². The van der Waals surface area contributed by atoms with Gasteiger partial charge in [-0.3, -0.25) is 9.78 Å². The zero-order valence-corrected chi connectivity index (χ0v) is 21.4. The predicted molar refractivity (Wildman–Crippen MR) is 140 cm³/mol. The average Bonchev–Trinajstić information content (AvgIpc) is 2.84. The van der Waals surface area contributed by atoms with Crippen LogP contribution in [0.4, 0.5) is 11.6 Å². The molecule has 1 saturated heterocycles. The number of hydrogen-bond acceptors (Lipinski definition) is 7. The maximum atomic E-state index is 12.1. The fourth-order valence-electron chi connectivity index (χ4n) is 4.81. The first-order valence-corrected chi connectivity index (χ1v) is 13.1. The van der Waals surface area contributed by atoms with Crippen LogP contribution in [0.3, 0.4) is 0 Å². The molecule has 1 aliphatic carbocycles. The van der Waals surface area contributed by atoms with Gasteiger partial charge in [0.1, 0.15) is 11.6 Å². The summed E-state index contributed by atoms with van der Waals surface area (Å²) in [6.45, 7) is 3.45. The molecule has 1 aliphatic heterocycles. The molecule has 3 aromatic rings. The molecule has 2 fully saturated rings. The van der Waals surface area contributed by atoms with E-state index in [1.807, 2.05) is 24.4 Å². The lowest BCUT2D eigenvalue weighted by Gasteiger charge is -2.33. The molecule has 0 aromatic carbocycles. The second-order valence-corrected chi connectivity index (χ2v) is 10.5. The summed E-state index contributed by atoms with van der Waals surface area (Å²) in [6, 6.07) is 8.97. The largest absolute Gasteiger partial charge is 0.377 e. The van der Waals surface area contributed by atoms with Gasteiger partial charge in [0.15, 0.2) is 0 Å². The molecule has 4 heterocycles. The minimum absolute atomic E-state index is 0.0167. The molecule has 184 valence electrons. The lowest BCUT2D eigenvalue weighted by atomic mass is 9.82. The fourth-order valence-corrected chi connectivity index (χ4v) is 5.25. The Morgan fingerprint density at radius 1 is 1.06 bits per heavy atom. The van der Waals surface area contributed by atoms with Crippen molar-refractivity contribution in [2.75, 3.05) is 23.8 Å². The van der Waals surface area contributed by atoms with Crippen LogP contribution in [-0.2, 0) is 16.0 Å². The van der Waals surface area contributed by atoms with Crippen LogP contribution in [0.25, 0.3) is 10.9 Å². The molecule has 8 nitrogen and oxygen atoms in total. The summed E-state index contributed by atoms with van der Waals surface area (Å²) >= 11 is 3.55. The molecule has 0 spiro atoms. The van der Waals surface area contributed by atoms with Gasteiger partial charge >= 0.3 is 0 Å². The van der Waals surface area contributed by atoms with Gasteiger partial charge in [0.2, 0.25) is 5.91 Å². The van der Waals surface area contributed by atoms with Crippen molar-refractivity contribution in [3.05, 3.63) is 52.9 Å². The third-order valence-corrected chi connectivity index (χ3v) is 7.53. The Hall–Kier alpha value is -2.78. The molecule has 35 heavy (non-hydrogen) atoms. The molecule has 5 rings (SSSR count). The molecule has 1 amide bonds. The molecular weight excluding hydrogens is 508 g/mol. The highest BCUT2D eigenvalue weighted by Crippen LogP contribution is 2.30. The number of ether oxygens (including phenoxy) is 1. The highest BCUT2D eigenvalue weighted by atomic mass is 79.9. The number of pyridine rings is 3. The Kier molecular flexibility index (Phi) is 7.43. The lowest BCUT2D eigenvalue weighted by molar-refractivity contribution is -0.124. The first kappa shape index (κ1) is 23.9. The summed E-state index contributed by atoms with van der Waals surface area (Å²) in [5, 5.41) is 11.2. The molecule has 0 radical (unpaired) electrons. The molecule has 3 N–H and O–H groups in total. The summed E-state index contributed by atoms with van der Waals surface area (Å²) in [5.41, 5.74) is 1.85. The highest BCUT2D eigenvalue weighted by Gasteiger charge is 2.26. The normalized spacial score (nSPS) is 21.2. The summed E-state index contributed by atoms with van der Waals surface area (Å²) in [4.78, 5) is 25.6. The van der Waals surface area contributed by atoms with E-state index in [1.54, 1.807) is 12.4 Å². The van der Waals surface area contributed by atoms with Crippen LogP contribution in [-0.4, -0.2) is 52.2 Å². The smallest absolute Gasteiger partial charge is 0.224 e. The van der Waals surface area contributed by atoms with Crippen molar-refractivity contribution < 1.29 is 9.53 Å². The van der Waals surface area contributed by atoms with Gasteiger partial charge < -0.3 is 20.7 Å². The van der Waals surface area contributed by atoms with Crippen LogP contribution < -0.4 is 16.0 Å². The van der Waals surface area contributed by atoms with Crippen molar-refractivity contribution in [2.45, 2.75) is 57.2 Å². The van der Waals surface area contributed by atoms with Gasteiger partial charge in [-0.25, -0.2) is 9.97 Å². The number of halogens is 1. The van der Waals surface area contributed by atoms with E-state index in [2.05, 4.69) is 54.8 Å². The van der Waals surface area contributed by atoms with E-state index < -0.39 is 0 Å². The third kappa shape index (κ3) is 6.08. The summed E-state index contributed by atoms with van der Waals surface area (Å²) < 4.78 is 6.01. The van der Waals surface area contributed by atoms with E-state index in [0.717, 1.165) is 58.3 Å². The zero-order valence-electron chi connectivity index (χ0n) is 19.8. The van der Waals surface area contributed by atoms with Gasteiger partial charge in [0.25, 0.3) is 0 Å². The number of hydrogen-bond donors (Lipinski definition) is 3. The SMILES string of the molecule is C[C@H](Nc1ccc(CC(=O)NC2COC2)cn1)C1CCC(Nc2ccc3cncc(Br)c3n2)CC1. The number of anilines is 2. The summed E-state index contributed by atoms with van der Waals surface area (Å²) in [7, 11) is 0. The Balaban J connectivity index is 1.08. The number of carbonyl (C=O) groups is 1. The van der Waals surface area contributed by atoms with Crippen molar-refractivity contribution >= 4 is 44.4 Å². The second kappa shape index (κ2) is 10.9. The predicted octanol–water partition coefficient (Wildman–Crippen LogP) is 4.32. The van der Waals surface area contributed by atoms with E-state index in [9.17, 15) is 4.79 Å². The first-order valence-electron chi connectivity index (χ1n) is 12.3. The number of rotatable bonds is 8. The molecule has 2 aliphatic rings. The van der Waals surface area contributed by atoms with Gasteiger partial charge in [-0.15, -0.1) is 0 Å². The number of aromatic nitrogens is 3. The number of nitrogens with zero attached hydrogens (tertiary/aromatic N) is 3. The molecule has 1 atom stereocenters. The van der Waals surface area contributed by atoms with Crippen LogP contribution in [0.5, 0.6) is 0 Å². The summed E-state index contributed by atoms with van der Waals surface area (Å²) in [5.74, 6) is 2.38. The van der Waals surface area contributed by atoms with Gasteiger partial charge in [-0.2, -0.15) is 0 Å². The average molecular weight is 539 g/mol. The Labute approximate surface area is 213 Å². The van der Waals surface area contributed by atoms with Crippen molar-refractivity contribution in [1.29, 1.82) is 0 Å². The minimum Gasteiger partial charge on any atom is -0.377 e. The minimum atomic E-state index is 0.0167. The van der Waals surface area contributed by atoms with Crippen molar-refractivity contribution in [2.24, 2.45) is 5.92 Å².